The van der Waals surface area contributed by atoms with Crippen LogP contribution in [0.1, 0.15) is 43.2 Å². The van der Waals surface area contributed by atoms with Crippen molar-refractivity contribution in [2.45, 2.75) is 51.1 Å². The average Bonchev–Trinajstić information content (AvgIpc) is 3.36. The first-order valence-electron chi connectivity index (χ1n) is 12.1. The minimum Gasteiger partial charge on any atom is -0.337 e. The van der Waals surface area contributed by atoms with Crippen LogP contribution < -0.4 is 5.32 Å². The van der Waals surface area contributed by atoms with Crippen molar-refractivity contribution in [3.05, 3.63) is 71.8 Å². The van der Waals surface area contributed by atoms with Crippen molar-refractivity contribution in [1.82, 2.24) is 15.1 Å². The highest BCUT2D eigenvalue weighted by Gasteiger charge is 2.27. The molecule has 2 aliphatic heterocycles. The van der Waals surface area contributed by atoms with Crippen LogP contribution in [0, 0.1) is 5.92 Å². The van der Waals surface area contributed by atoms with E-state index in [9.17, 15) is 4.79 Å². The first kappa shape index (κ1) is 22.0. The zero-order valence-corrected chi connectivity index (χ0v) is 18.7. The van der Waals surface area contributed by atoms with Gasteiger partial charge in [-0.05, 0) is 81.7 Å². The maximum Gasteiger partial charge on any atom is 0.240 e. The average molecular weight is 420 g/mol. The summed E-state index contributed by atoms with van der Waals surface area (Å²) in [5, 5.41) is 3.39. The van der Waals surface area contributed by atoms with Gasteiger partial charge in [-0.25, -0.2) is 0 Å². The molecule has 2 heterocycles. The summed E-state index contributed by atoms with van der Waals surface area (Å²) in [4.78, 5) is 17.8. The third kappa shape index (κ3) is 6.65. The molecular weight excluding hydrogens is 382 g/mol. The molecule has 1 N–H and O–H groups in total. The van der Waals surface area contributed by atoms with Gasteiger partial charge in [-0.1, -0.05) is 60.7 Å². The van der Waals surface area contributed by atoms with Crippen LogP contribution in [0.2, 0.25) is 0 Å². The van der Waals surface area contributed by atoms with Gasteiger partial charge < -0.3 is 15.1 Å². The molecule has 31 heavy (non-hydrogen) atoms. The predicted octanol–water partition coefficient (Wildman–Crippen LogP) is 4.11. The molecule has 4 heteroatoms. The zero-order chi connectivity index (χ0) is 21.3. The lowest BCUT2D eigenvalue weighted by Crippen LogP contribution is -2.44. The zero-order valence-electron chi connectivity index (χ0n) is 18.7. The van der Waals surface area contributed by atoms with Crippen LogP contribution in [0.3, 0.4) is 0 Å². The summed E-state index contributed by atoms with van der Waals surface area (Å²) in [6.07, 6.45) is 6.91. The number of amides is 1. The van der Waals surface area contributed by atoms with Gasteiger partial charge in [0.2, 0.25) is 5.91 Å². The molecule has 2 saturated heterocycles. The minimum atomic E-state index is 0.0115. The van der Waals surface area contributed by atoms with Crippen molar-refractivity contribution in [1.29, 1.82) is 0 Å². The number of rotatable bonds is 9. The standard InChI is InChI=1S/C27H37N3O/c31-27(26-13-7-16-28-26)30(22-25-11-5-2-6-12-25)18-8-17-29-19-14-24(15-20-29)21-23-9-3-1-4-10-23/h1-6,9-12,24,26,28H,7-8,13-22H2/t26-/m0/s1. The first-order valence-corrected chi connectivity index (χ1v) is 12.1. The van der Waals surface area contributed by atoms with Crippen molar-refractivity contribution in [3.8, 4) is 0 Å². The number of benzene rings is 2. The van der Waals surface area contributed by atoms with E-state index in [-0.39, 0.29) is 11.9 Å². The van der Waals surface area contributed by atoms with Gasteiger partial charge in [0, 0.05) is 13.1 Å². The Morgan fingerprint density at radius 1 is 0.935 bits per heavy atom. The van der Waals surface area contributed by atoms with Crippen LogP contribution in [-0.2, 0) is 17.8 Å². The summed E-state index contributed by atoms with van der Waals surface area (Å²) >= 11 is 0. The van der Waals surface area contributed by atoms with E-state index < -0.39 is 0 Å². The molecule has 0 bridgehead atoms. The quantitative estimate of drug-likeness (QED) is 0.664. The van der Waals surface area contributed by atoms with E-state index in [0.717, 1.165) is 51.4 Å². The molecule has 0 aliphatic carbocycles. The van der Waals surface area contributed by atoms with E-state index in [4.69, 9.17) is 0 Å². The highest BCUT2D eigenvalue weighted by Crippen LogP contribution is 2.22. The molecule has 0 spiro atoms. The Kier molecular flexibility index (Phi) is 8.14. The first-order chi connectivity index (χ1) is 15.3. The smallest absolute Gasteiger partial charge is 0.240 e. The van der Waals surface area contributed by atoms with Gasteiger partial charge in [0.15, 0.2) is 0 Å². The van der Waals surface area contributed by atoms with Crippen LogP contribution in [0.4, 0.5) is 0 Å². The minimum absolute atomic E-state index is 0.0115. The number of carbonyl (C=O) groups is 1. The fourth-order valence-corrected chi connectivity index (χ4v) is 5.03. The van der Waals surface area contributed by atoms with Gasteiger partial charge in [0.05, 0.1) is 6.04 Å². The molecule has 0 aromatic heterocycles. The molecule has 0 unspecified atom stereocenters. The highest BCUT2D eigenvalue weighted by atomic mass is 16.2. The summed E-state index contributed by atoms with van der Waals surface area (Å²) in [5.41, 5.74) is 2.69. The van der Waals surface area contributed by atoms with Crippen LogP contribution in [0.5, 0.6) is 0 Å². The van der Waals surface area contributed by atoms with Gasteiger partial charge in [0.1, 0.15) is 0 Å². The van der Waals surface area contributed by atoms with Crippen molar-refractivity contribution >= 4 is 5.91 Å². The Labute approximate surface area is 187 Å². The second-order valence-corrected chi connectivity index (χ2v) is 9.22. The summed E-state index contributed by atoms with van der Waals surface area (Å²) in [7, 11) is 0. The number of nitrogens with zero attached hydrogens (tertiary/aromatic N) is 2. The molecule has 0 saturated carbocycles. The van der Waals surface area contributed by atoms with Crippen LogP contribution >= 0.6 is 0 Å². The van der Waals surface area contributed by atoms with E-state index >= 15 is 0 Å². The lowest BCUT2D eigenvalue weighted by atomic mass is 9.90. The van der Waals surface area contributed by atoms with Crippen molar-refractivity contribution < 1.29 is 4.79 Å². The molecule has 2 fully saturated rings. The molecule has 2 aromatic carbocycles. The fourth-order valence-electron chi connectivity index (χ4n) is 5.03. The second kappa shape index (κ2) is 11.4. The Hall–Kier alpha value is -2.17. The Bertz CT molecular complexity index is 781. The molecule has 1 amide bonds. The molecule has 0 radical (unpaired) electrons. The Morgan fingerprint density at radius 3 is 2.26 bits per heavy atom. The van der Waals surface area contributed by atoms with E-state index in [0.29, 0.717) is 0 Å². The van der Waals surface area contributed by atoms with E-state index in [1.807, 2.05) is 6.07 Å². The van der Waals surface area contributed by atoms with Gasteiger partial charge >= 0.3 is 0 Å². The van der Waals surface area contributed by atoms with Crippen LogP contribution in [0.25, 0.3) is 0 Å². The van der Waals surface area contributed by atoms with Crippen molar-refractivity contribution in [3.63, 3.8) is 0 Å². The van der Waals surface area contributed by atoms with E-state index in [1.54, 1.807) is 0 Å². The number of hydrogen-bond acceptors (Lipinski definition) is 3. The SMILES string of the molecule is O=C([C@@H]1CCCN1)N(CCCN1CCC(Cc2ccccc2)CC1)Cc1ccccc1. The summed E-state index contributed by atoms with van der Waals surface area (Å²) < 4.78 is 0. The fraction of sp³-hybridized carbons (Fsp3) is 0.519. The molecule has 166 valence electrons. The number of likely N-dealkylation sites (tertiary alicyclic amines) is 1. The van der Waals surface area contributed by atoms with Gasteiger partial charge in [0.25, 0.3) is 0 Å². The van der Waals surface area contributed by atoms with Crippen molar-refractivity contribution in [2.75, 3.05) is 32.7 Å². The van der Waals surface area contributed by atoms with Crippen LogP contribution in [-0.4, -0.2) is 54.5 Å². The van der Waals surface area contributed by atoms with Gasteiger partial charge in [-0.2, -0.15) is 0 Å². The normalized spacial score (nSPS) is 20.1. The van der Waals surface area contributed by atoms with E-state index in [1.165, 1.54) is 43.5 Å². The monoisotopic (exact) mass is 419 g/mol. The number of hydrogen-bond donors (Lipinski definition) is 1. The second-order valence-electron chi connectivity index (χ2n) is 9.22. The predicted molar refractivity (Wildman–Crippen MR) is 127 cm³/mol. The summed E-state index contributed by atoms with van der Waals surface area (Å²) in [5.74, 6) is 1.09. The Balaban J connectivity index is 1.23. The van der Waals surface area contributed by atoms with E-state index in [2.05, 4.69) is 69.7 Å². The molecule has 4 rings (SSSR count). The molecule has 2 aromatic rings. The molecular formula is C27H37N3O. The summed E-state index contributed by atoms with van der Waals surface area (Å²) in [6, 6.07) is 21.3. The van der Waals surface area contributed by atoms with Gasteiger partial charge in [-0.3, -0.25) is 4.79 Å². The lowest BCUT2D eigenvalue weighted by molar-refractivity contribution is -0.133. The lowest BCUT2D eigenvalue weighted by Gasteiger charge is -2.33. The highest BCUT2D eigenvalue weighted by molar-refractivity contribution is 5.82. The number of nitrogens with one attached hydrogen (secondary N) is 1. The van der Waals surface area contributed by atoms with Gasteiger partial charge in [-0.15, -0.1) is 0 Å². The molecule has 4 nitrogen and oxygen atoms in total. The van der Waals surface area contributed by atoms with Crippen molar-refractivity contribution in [2.24, 2.45) is 5.92 Å². The van der Waals surface area contributed by atoms with Crippen LogP contribution in [0.15, 0.2) is 60.7 Å². The summed E-state index contributed by atoms with van der Waals surface area (Å²) in [6.45, 7) is 6.00. The topological polar surface area (TPSA) is 35.6 Å². The largest absolute Gasteiger partial charge is 0.337 e. The third-order valence-electron chi connectivity index (χ3n) is 6.86. The number of piperidine rings is 1. The molecule has 2 aliphatic rings. The third-order valence-corrected chi connectivity index (χ3v) is 6.86. The molecule has 1 atom stereocenters. The number of carbonyl (C=O) groups excluding carboxylic acids is 1. The Morgan fingerprint density at radius 2 is 1.61 bits per heavy atom. The maximum atomic E-state index is 13.1. The maximum absolute atomic E-state index is 13.1.